The van der Waals surface area contributed by atoms with Crippen LogP contribution in [-0.2, 0) is 0 Å². The van der Waals surface area contributed by atoms with Gasteiger partial charge in [-0.2, -0.15) is 18.3 Å². The summed E-state index contributed by atoms with van der Waals surface area (Å²) in [4.78, 5) is 26.3. The number of aromatic nitrogens is 2. The van der Waals surface area contributed by atoms with Crippen LogP contribution in [-0.4, -0.2) is 63.0 Å². The van der Waals surface area contributed by atoms with Gasteiger partial charge in [0.15, 0.2) is 5.60 Å². The Morgan fingerprint density at radius 1 is 1.14 bits per heavy atom. The Morgan fingerprint density at radius 2 is 1.73 bits per heavy atom. The van der Waals surface area contributed by atoms with Crippen molar-refractivity contribution < 1.29 is 32.3 Å². The number of nitrogens with zero attached hydrogens (tertiary/aromatic N) is 3. The van der Waals surface area contributed by atoms with Crippen LogP contribution in [0.15, 0.2) is 48.7 Å². The average molecular weight is 562 g/mol. The fourth-order valence-electron chi connectivity index (χ4n) is 3.39. The molecule has 2 aromatic carbocycles. The first-order valence-electron chi connectivity index (χ1n) is 10.7. The van der Waals surface area contributed by atoms with Crippen LogP contribution in [0.25, 0.3) is 5.69 Å². The van der Waals surface area contributed by atoms with Gasteiger partial charge in [0.2, 0.25) is 0 Å². The van der Waals surface area contributed by atoms with Crippen molar-refractivity contribution >= 4 is 40.8 Å². The first-order valence-corrected chi connectivity index (χ1v) is 11.4. The molecule has 198 valence electrons. The molecule has 2 amide bonds. The lowest BCUT2D eigenvalue weighted by Crippen LogP contribution is -2.60. The van der Waals surface area contributed by atoms with Gasteiger partial charge in [-0.05, 0) is 43.3 Å². The zero-order chi connectivity index (χ0) is 27.5. The fraction of sp³-hybridized carbons (Fsp3) is 0.261. The normalized spacial score (nSPS) is 13.2. The molecule has 0 aliphatic rings. The summed E-state index contributed by atoms with van der Waals surface area (Å²) in [6, 6.07) is 9.10. The number of hydrogen-bond donors (Lipinski definition) is 3. The first-order chi connectivity index (χ1) is 17.3. The van der Waals surface area contributed by atoms with Crippen LogP contribution >= 0.6 is 23.2 Å². The summed E-state index contributed by atoms with van der Waals surface area (Å²) in [5.74, 6) is -2.73. The van der Waals surface area contributed by atoms with E-state index in [0.717, 1.165) is 23.0 Å². The van der Waals surface area contributed by atoms with Crippen LogP contribution in [0, 0.1) is 5.82 Å². The SMILES string of the molecule is CCN(C[C@@](O)(CNC(=O)c1cnn(-c2ccc(F)cc2)c1N)C(F)(F)F)C(=O)c1c(Cl)cccc1Cl. The van der Waals surface area contributed by atoms with Crippen LogP contribution in [0.2, 0.25) is 10.0 Å². The van der Waals surface area contributed by atoms with E-state index < -0.39 is 42.5 Å². The number of likely N-dealkylation sites (N-methyl/N-ethyl adjacent to an activating group) is 1. The number of halogens is 6. The molecular formula is C23H21Cl2F4N5O3. The van der Waals surface area contributed by atoms with Crippen LogP contribution in [0.4, 0.5) is 23.4 Å². The van der Waals surface area contributed by atoms with Crippen molar-refractivity contribution in [2.24, 2.45) is 0 Å². The summed E-state index contributed by atoms with van der Waals surface area (Å²) in [6.45, 7) is -1.36. The Bertz CT molecular complexity index is 1280. The third kappa shape index (κ3) is 5.97. The number of rotatable bonds is 8. The summed E-state index contributed by atoms with van der Waals surface area (Å²) in [6.07, 6.45) is -4.23. The van der Waals surface area contributed by atoms with E-state index in [2.05, 4.69) is 5.10 Å². The predicted octanol–water partition coefficient (Wildman–Crippen LogP) is 4.09. The number of nitrogens with one attached hydrogen (secondary N) is 1. The number of benzene rings is 2. The first kappa shape index (κ1) is 28.2. The number of anilines is 1. The molecule has 0 saturated heterocycles. The van der Waals surface area contributed by atoms with Gasteiger partial charge in [-0.25, -0.2) is 9.07 Å². The molecule has 0 aliphatic carbocycles. The summed E-state index contributed by atoms with van der Waals surface area (Å²) in [5.41, 5.74) is 2.19. The number of nitrogens with two attached hydrogens (primary N) is 1. The number of carbonyl (C=O) groups is 2. The van der Waals surface area contributed by atoms with Crippen molar-refractivity contribution in [2.45, 2.75) is 18.7 Å². The van der Waals surface area contributed by atoms with E-state index in [1.165, 1.54) is 37.3 Å². The van der Waals surface area contributed by atoms with Crippen molar-refractivity contribution in [2.75, 3.05) is 25.4 Å². The minimum atomic E-state index is -5.25. The standard InChI is InChI=1S/C23H21Cl2F4N5O3/c1-2-33(21(36)18-16(24)4-3-5-17(18)25)12-22(37,23(27,28)29)11-31-20(35)15-10-32-34(19(15)30)14-8-6-13(26)7-9-14/h3-10,37H,2,11-12,30H2,1H3,(H,31,35)/t22-/m0/s1. The summed E-state index contributed by atoms with van der Waals surface area (Å²) in [7, 11) is 0. The molecule has 0 saturated carbocycles. The lowest BCUT2D eigenvalue weighted by molar-refractivity contribution is -0.259. The largest absolute Gasteiger partial charge is 0.420 e. The highest BCUT2D eigenvalue weighted by Crippen LogP contribution is 2.33. The van der Waals surface area contributed by atoms with Crippen LogP contribution < -0.4 is 11.1 Å². The molecule has 0 aliphatic heterocycles. The lowest BCUT2D eigenvalue weighted by Gasteiger charge is -2.35. The number of hydrogen-bond acceptors (Lipinski definition) is 5. The molecule has 1 aromatic heterocycles. The van der Waals surface area contributed by atoms with E-state index >= 15 is 0 Å². The van der Waals surface area contributed by atoms with Gasteiger partial charge < -0.3 is 21.1 Å². The summed E-state index contributed by atoms with van der Waals surface area (Å²) < 4.78 is 56.1. The molecule has 8 nitrogen and oxygen atoms in total. The molecule has 3 rings (SSSR count). The lowest BCUT2D eigenvalue weighted by atomic mass is 10.0. The van der Waals surface area contributed by atoms with E-state index in [1.54, 1.807) is 0 Å². The van der Waals surface area contributed by atoms with Crippen molar-refractivity contribution in [1.29, 1.82) is 0 Å². The van der Waals surface area contributed by atoms with E-state index in [9.17, 15) is 32.3 Å². The molecule has 3 aromatic rings. The minimum Gasteiger partial charge on any atom is -0.383 e. The average Bonchev–Trinajstić information content (AvgIpc) is 3.21. The van der Waals surface area contributed by atoms with Gasteiger partial charge in [0.1, 0.15) is 17.2 Å². The molecule has 1 atom stereocenters. The second kappa shape index (κ2) is 11.0. The minimum absolute atomic E-state index is 0.0755. The quantitative estimate of drug-likeness (QED) is 0.358. The predicted molar refractivity (Wildman–Crippen MR) is 129 cm³/mol. The molecule has 0 spiro atoms. The second-order valence-corrected chi connectivity index (χ2v) is 8.77. The van der Waals surface area contributed by atoms with Crippen molar-refractivity contribution in [3.05, 3.63) is 75.7 Å². The van der Waals surface area contributed by atoms with Gasteiger partial charge in [-0.3, -0.25) is 9.59 Å². The molecule has 0 radical (unpaired) electrons. The zero-order valence-electron chi connectivity index (χ0n) is 19.2. The molecule has 0 unspecified atom stereocenters. The second-order valence-electron chi connectivity index (χ2n) is 7.96. The molecule has 1 heterocycles. The van der Waals surface area contributed by atoms with Crippen LogP contribution in [0.1, 0.15) is 27.6 Å². The van der Waals surface area contributed by atoms with Crippen molar-refractivity contribution in [1.82, 2.24) is 20.0 Å². The Kier molecular flexibility index (Phi) is 8.35. The van der Waals surface area contributed by atoms with E-state index in [1.807, 2.05) is 5.32 Å². The summed E-state index contributed by atoms with van der Waals surface area (Å²) >= 11 is 12.0. The molecule has 0 fully saturated rings. The summed E-state index contributed by atoms with van der Waals surface area (Å²) in [5, 5.41) is 16.3. The third-order valence-corrected chi connectivity index (χ3v) is 6.12. The van der Waals surface area contributed by atoms with E-state index in [-0.39, 0.29) is 33.5 Å². The molecule has 0 bridgehead atoms. The van der Waals surface area contributed by atoms with Crippen LogP contribution in [0.5, 0.6) is 0 Å². The number of carbonyl (C=O) groups excluding carboxylic acids is 2. The van der Waals surface area contributed by atoms with Crippen molar-refractivity contribution in [3.63, 3.8) is 0 Å². The highest BCUT2D eigenvalue weighted by Gasteiger charge is 2.55. The zero-order valence-corrected chi connectivity index (χ0v) is 20.7. The van der Waals surface area contributed by atoms with Gasteiger partial charge in [-0.15, -0.1) is 0 Å². The number of aliphatic hydroxyl groups is 1. The molecular weight excluding hydrogens is 541 g/mol. The Balaban J connectivity index is 1.81. The highest BCUT2D eigenvalue weighted by atomic mass is 35.5. The van der Waals surface area contributed by atoms with Gasteiger partial charge in [0.05, 0.1) is 40.6 Å². The van der Waals surface area contributed by atoms with Gasteiger partial charge >= 0.3 is 6.18 Å². The number of alkyl halides is 3. The van der Waals surface area contributed by atoms with Crippen LogP contribution in [0.3, 0.4) is 0 Å². The maximum atomic E-state index is 14.0. The fourth-order valence-corrected chi connectivity index (χ4v) is 3.95. The van der Waals surface area contributed by atoms with Crippen molar-refractivity contribution in [3.8, 4) is 5.69 Å². The maximum absolute atomic E-state index is 14.0. The third-order valence-electron chi connectivity index (χ3n) is 5.49. The van der Waals surface area contributed by atoms with E-state index in [0.29, 0.717) is 10.6 Å². The molecule has 14 heteroatoms. The number of amides is 2. The molecule has 4 N–H and O–H groups in total. The molecule has 37 heavy (non-hydrogen) atoms. The Morgan fingerprint density at radius 3 is 2.27 bits per heavy atom. The number of nitrogen functional groups attached to an aromatic ring is 1. The van der Waals surface area contributed by atoms with Gasteiger partial charge in [0.25, 0.3) is 11.8 Å². The Hall–Kier alpha value is -3.35. The van der Waals surface area contributed by atoms with Gasteiger partial charge in [-0.1, -0.05) is 29.3 Å². The smallest absolute Gasteiger partial charge is 0.383 e. The van der Waals surface area contributed by atoms with Gasteiger partial charge in [0, 0.05) is 6.54 Å². The Labute approximate surface area is 218 Å². The topological polar surface area (TPSA) is 113 Å². The highest BCUT2D eigenvalue weighted by molar-refractivity contribution is 6.39. The maximum Gasteiger partial charge on any atom is 0.420 e. The monoisotopic (exact) mass is 561 g/mol. The van der Waals surface area contributed by atoms with E-state index in [4.69, 9.17) is 28.9 Å².